The number of aromatic nitrogens is 1. The first-order valence-corrected chi connectivity index (χ1v) is 11.5. The Morgan fingerprint density at radius 1 is 1.08 bits per heavy atom. The number of nitrogens with zero attached hydrogens (tertiary/aromatic N) is 1. The minimum absolute atomic E-state index is 0.299. The summed E-state index contributed by atoms with van der Waals surface area (Å²) in [5.74, 6) is 3.54. The summed E-state index contributed by atoms with van der Waals surface area (Å²) in [4.78, 5) is 16.9. The molecule has 4 aliphatic rings. The summed E-state index contributed by atoms with van der Waals surface area (Å²) in [5, 5.41) is 3.54. The van der Waals surface area contributed by atoms with Crippen LogP contribution < -0.4 is 0 Å². The molecule has 0 saturated heterocycles. The highest BCUT2D eigenvalue weighted by atomic mass is 32.1. The number of rotatable bonds is 1. The molecule has 26 heavy (non-hydrogen) atoms. The number of fused-ring (bicyclic) bond motifs is 5. The standard InChI is InChI=1S/C23H31NOS/c1-14-24-21(13-26-14)20-7-6-18-17-5-4-15-12-16(25)8-10-22(15,2)19(17)9-11-23(18,20)3/h12-13,17-20H,4-11H2,1-3H3/t17-,18-,19-,20+,22-,23-/m0/s1. The van der Waals surface area contributed by atoms with Crippen LogP contribution in [0.3, 0.4) is 0 Å². The third-order valence-electron chi connectivity index (χ3n) is 8.96. The zero-order valence-corrected chi connectivity index (χ0v) is 17.2. The van der Waals surface area contributed by atoms with Crippen LogP contribution in [0.25, 0.3) is 0 Å². The Labute approximate surface area is 161 Å². The van der Waals surface area contributed by atoms with Crippen molar-refractivity contribution in [2.24, 2.45) is 28.6 Å². The maximum Gasteiger partial charge on any atom is 0.155 e. The summed E-state index contributed by atoms with van der Waals surface area (Å²) in [5.41, 5.74) is 3.60. The molecule has 4 aliphatic carbocycles. The van der Waals surface area contributed by atoms with E-state index in [1.807, 2.05) is 17.4 Å². The quantitative estimate of drug-likeness (QED) is 0.601. The van der Waals surface area contributed by atoms with Crippen molar-refractivity contribution >= 4 is 17.1 Å². The molecule has 0 N–H and O–H groups in total. The predicted octanol–water partition coefficient (Wildman–Crippen LogP) is 6.07. The van der Waals surface area contributed by atoms with Gasteiger partial charge in [-0.3, -0.25) is 4.79 Å². The van der Waals surface area contributed by atoms with Crippen molar-refractivity contribution in [3.63, 3.8) is 0 Å². The molecule has 3 fully saturated rings. The molecule has 3 saturated carbocycles. The van der Waals surface area contributed by atoms with E-state index in [-0.39, 0.29) is 0 Å². The van der Waals surface area contributed by atoms with E-state index in [0.717, 1.165) is 37.0 Å². The van der Waals surface area contributed by atoms with Crippen molar-refractivity contribution in [1.82, 2.24) is 4.98 Å². The average Bonchev–Trinajstić information content (AvgIpc) is 3.18. The maximum atomic E-state index is 12.0. The van der Waals surface area contributed by atoms with Crippen LogP contribution >= 0.6 is 11.3 Å². The van der Waals surface area contributed by atoms with Crippen molar-refractivity contribution in [2.75, 3.05) is 0 Å². The first-order valence-electron chi connectivity index (χ1n) is 10.6. The molecular formula is C23H31NOS. The van der Waals surface area contributed by atoms with Gasteiger partial charge in [-0.2, -0.15) is 0 Å². The third kappa shape index (κ3) is 2.28. The molecule has 3 heteroatoms. The highest BCUT2D eigenvalue weighted by Gasteiger charge is 2.59. The van der Waals surface area contributed by atoms with E-state index in [9.17, 15) is 4.79 Å². The number of ketones is 1. The van der Waals surface area contributed by atoms with Crippen LogP contribution in [0.4, 0.5) is 0 Å². The third-order valence-corrected chi connectivity index (χ3v) is 9.75. The zero-order valence-electron chi connectivity index (χ0n) is 16.4. The van der Waals surface area contributed by atoms with E-state index in [1.165, 1.54) is 48.4 Å². The molecule has 6 atom stereocenters. The van der Waals surface area contributed by atoms with Gasteiger partial charge in [0.2, 0.25) is 0 Å². The highest BCUT2D eigenvalue weighted by molar-refractivity contribution is 7.09. The average molecular weight is 370 g/mol. The number of hydrogen-bond acceptors (Lipinski definition) is 3. The molecule has 140 valence electrons. The number of carbonyl (C=O) groups is 1. The largest absolute Gasteiger partial charge is 0.295 e. The van der Waals surface area contributed by atoms with E-state index in [2.05, 4.69) is 26.2 Å². The molecule has 2 nitrogen and oxygen atoms in total. The van der Waals surface area contributed by atoms with Crippen LogP contribution in [0.5, 0.6) is 0 Å². The smallest absolute Gasteiger partial charge is 0.155 e. The fraction of sp³-hybridized carbons (Fsp3) is 0.739. The molecule has 1 aromatic rings. The normalized spacial score (nSPS) is 44.9. The lowest BCUT2D eigenvalue weighted by molar-refractivity contribution is -0.117. The molecule has 1 aromatic heterocycles. The molecule has 0 bridgehead atoms. The molecule has 0 unspecified atom stereocenters. The van der Waals surface area contributed by atoms with Gasteiger partial charge in [0.05, 0.1) is 10.7 Å². The summed E-state index contributed by atoms with van der Waals surface area (Å²) in [6, 6.07) is 0. The van der Waals surface area contributed by atoms with Crippen LogP contribution in [0.15, 0.2) is 17.0 Å². The van der Waals surface area contributed by atoms with Crippen molar-refractivity contribution in [3.8, 4) is 0 Å². The van der Waals surface area contributed by atoms with Crippen LogP contribution in [-0.2, 0) is 4.79 Å². The first kappa shape index (κ1) is 17.2. The van der Waals surface area contributed by atoms with Crippen LogP contribution in [0.2, 0.25) is 0 Å². The molecule has 0 aliphatic heterocycles. The second-order valence-corrected chi connectivity index (χ2v) is 11.0. The van der Waals surface area contributed by atoms with Crippen LogP contribution in [-0.4, -0.2) is 10.8 Å². The lowest BCUT2D eigenvalue weighted by Gasteiger charge is -2.58. The Kier molecular flexibility index (Phi) is 3.81. The second-order valence-electron chi connectivity index (χ2n) is 9.93. The van der Waals surface area contributed by atoms with Gasteiger partial charge in [-0.1, -0.05) is 19.4 Å². The summed E-state index contributed by atoms with van der Waals surface area (Å²) in [6.45, 7) is 7.21. The predicted molar refractivity (Wildman–Crippen MR) is 106 cm³/mol. The van der Waals surface area contributed by atoms with Crippen molar-refractivity contribution in [1.29, 1.82) is 0 Å². The molecule has 1 heterocycles. The number of aryl methyl sites for hydroxylation is 1. The SMILES string of the molecule is Cc1nc([C@H]2CC[C@H]3[C@@H]4CCC5=CC(=O)CC[C@]5(C)[C@H]4CC[C@]23C)cs1. The molecular weight excluding hydrogens is 338 g/mol. The fourth-order valence-corrected chi connectivity index (χ4v) is 8.25. The Balaban J connectivity index is 1.47. The number of carbonyl (C=O) groups excluding carboxylic acids is 1. The highest BCUT2D eigenvalue weighted by Crippen LogP contribution is 2.68. The minimum atomic E-state index is 0.299. The molecule has 0 aromatic carbocycles. The molecule has 0 radical (unpaired) electrons. The molecule has 5 rings (SSSR count). The van der Waals surface area contributed by atoms with Gasteiger partial charge in [-0.05, 0) is 86.5 Å². The lowest BCUT2D eigenvalue weighted by atomic mass is 9.47. The van der Waals surface area contributed by atoms with E-state index < -0.39 is 0 Å². The topological polar surface area (TPSA) is 30.0 Å². The van der Waals surface area contributed by atoms with Gasteiger partial charge < -0.3 is 0 Å². The van der Waals surface area contributed by atoms with Gasteiger partial charge in [0.1, 0.15) is 0 Å². The van der Waals surface area contributed by atoms with Gasteiger partial charge in [-0.15, -0.1) is 11.3 Å². The van der Waals surface area contributed by atoms with Gasteiger partial charge in [0.15, 0.2) is 5.78 Å². The van der Waals surface area contributed by atoms with Crippen molar-refractivity contribution in [2.45, 2.75) is 78.1 Å². The number of allylic oxidation sites excluding steroid dienone is 1. The van der Waals surface area contributed by atoms with E-state index >= 15 is 0 Å². The van der Waals surface area contributed by atoms with Crippen molar-refractivity contribution in [3.05, 3.63) is 27.7 Å². The van der Waals surface area contributed by atoms with E-state index in [1.54, 1.807) is 0 Å². The molecule has 0 spiro atoms. The summed E-state index contributed by atoms with van der Waals surface area (Å²) in [7, 11) is 0. The zero-order chi connectivity index (χ0) is 18.1. The molecule has 0 amide bonds. The lowest BCUT2D eigenvalue weighted by Crippen LogP contribution is -2.50. The summed E-state index contributed by atoms with van der Waals surface area (Å²) in [6.07, 6.45) is 11.8. The second kappa shape index (κ2) is 5.77. The Bertz CT molecular complexity index is 779. The minimum Gasteiger partial charge on any atom is -0.295 e. The van der Waals surface area contributed by atoms with E-state index in [0.29, 0.717) is 22.5 Å². The van der Waals surface area contributed by atoms with Gasteiger partial charge >= 0.3 is 0 Å². The summed E-state index contributed by atoms with van der Waals surface area (Å²) < 4.78 is 0. The van der Waals surface area contributed by atoms with E-state index in [4.69, 9.17) is 4.98 Å². The summed E-state index contributed by atoms with van der Waals surface area (Å²) >= 11 is 1.82. The Morgan fingerprint density at radius 2 is 1.92 bits per heavy atom. The van der Waals surface area contributed by atoms with Crippen LogP contribution in [0, 0.1) is 35.5 Å². The fourth-order valence-electron chi connectivity index (χ4n) is 7.59. The first-order chi connectivity index (χ1) is 12.4. The van der Waals surface area contributed by atoms with Gasteiger partial charge in [0, 0.05) is 17.7 Å². The Hall–Kier alpha value is -0.960. The van der Waals surface area contributed by atoms with Gasteiger partial charge in [0.25, 0.3) is 0 Å². The number of thiazole rings is 1. The van der Waals surface area contributed by atoms with Gasteiger partial charge in [-0.25, -0.2) is 4.98 Å². The Morgan fingerprint density at radius 3 is 2.69 bits per heavy atom. The monoisotopic (exact) mass is 369 g/mol. The van der Waals surface area contributed by atoms with Crippen LogP contribution in [0.1, 0.15) is 81.8 Å². The number of hydrogen-bond donors (Lipinski definition) is 0. The van der Waals surface area contributed by atoms with Crippen molar-refractivity contribution < 1.29 is 4.79 Å². The maximum absolute atomic E-state index is 12.0.